The number of hydrogen-bond acceptors (Lipinski definition) is 3. The Morgan fingerprint density at radius 1 is 1.58 bits per heavy atom. The zero-order valence-corrected chi connectivity index (χ0v) is 12.1. The maximum absolute atomic E-state index is 12.2. The minimum atomic E-state index is -0.218. The van der Waals surface area contributed by atoms with E-state index in [-0.39, 0.29) is 24.5 Å². The summed E-state index contributed by atoms with van der Waals surface area (Å²) in [4.78, 5) is 27.9. The van der Waals surface area contributed by atoms with E-state index in [0.29, 0.717) is 22.5 Å². The van der Waals surface area contributed by atoms with Gasteiger partial charge >= 0.3 is 0 Å². The first-order chi connectivity index (χ1) is 9.11. The number of H-pyrrole nitrogens is 1. The number of amides is 1. The number of rotatable bonds is 4. The SMILES string of the molecule is O=C(Cc1cc[nH]c(=O)c1Br)N1CCC(CCO)C1. The quantitative estimate of drug-likeness (QED) is 0.862. The molecule has 0 aromatic carbocycles. The van der Waals surface area contributed by atoms with Crippen molar-refractivity contribution in [1.29, 1.82) is 0 Å². The van der Waals surface area contributed by atoms with Crippen LogP contribution in [0.4, 0.5) is 0 Å². The second kappa shape index (κ2) is 6.34. The number of nitrogens with zero attached hydrogens (tertiary/aromatic N) is 1. The van der Waals surface area contributed by atoms with Gasteiger partial charge in [-0.3, -0.25) is 9.59 Å². The number of likely N-dealkylation sites (tertiary alicyclic amines) is 1. The zero-order chi connectivity index (χ0) is 13.8. The highest BCUT2D eigenvalue weighted by Gasteiger charge is 2.26. The van der Waals surface area contributed by atoms with E-state index in [9.17, 15) is 9.59 Å². The smallest absolute Gasteiger partial charge is 0.262 e. The molecule has 1 aromatic heterocycles. The molecule has 104 valence electrons. The van der Waals surface area contributed by atoms with Crippen LogP contribution in [-0.4, -0.2) is 40.6 Å². The summed E-state index contributed by atoms with van der Waals surface area (Å²) < 4.78 is 0.425. The van der Waals surface area contributed by atoms with Crippen LogP contribution >= 0.6 is 15.9 Å². The first kappa shape index (κ1) is 14.3. The summed E-state index contributed by atoms with van der Waals surface area (Å²) in [5, 5.41) is 8.91. The number of nitrogens with one attached hydrogen (secondary N) is 1. The highest BCUT2D eigenvalue weighted by atomic mass is 79.9. The van der Waals surface area contributed by atoms with Crippen LogP contribution < -0.4 is 5.56 Å². The number of pyridine rings is 1. The minimum Gasteiger partial charge on any atom is -0.396 e. The van der Waals surface area contributed by atoms with Gasteiger partial charge in [0.05, 0.1) is 10.9 Å². The lowest BCUT2D eigenvalue weighted by Gasteiger charge is -2.16. The van der Waals surface area contributed by atoms with Gasteiger partial charge in [-0.15, -0.1) is 0 Å². The van der Waals surface area contributed by atoms with Crippen molar-refractivity contribution >= 4 is 21.8 Å². The molecule has 1 unspecified atom stereocenters. The molecule has 2 rings (SSSR count). The van der Waals surface area contributed by atoms with Crippen LogP contribution in [0.1, 0.15) is 18.4 Å². The van der Waals surface area contributed by atoms with Crippen molar-refractivity contribution < 1.29 is 9.90 Å². The summed E-state index contributed by atoms with van der Waals surface area (Å²) in [6, 6.07) is 1.74. The fourth-order valence-electron chi connectivity index (χ4n) is 2.39. The van der Waals surface area contributed by atoms with E-state index in [1.807, 2.05) is 4.90 Å². The van der Waals surface area contributed by atoms with Crippen LogP contribution in [0.5, 0.6) is 0 Å². The van der Waals surface area contributed by atoms with Gasteiger partial charge in [0.25, 0.3) is 5.56 Å². The van der Waals surface area contributed by atoms with Gasteiger partial charge in [0.1, 0.15) is 0 Å². The second-order valence-electron chi connectivity index (χ2n) is 4.83. The number of aliphatic hydroxyl groups excluding tert-OH is 1. The van der Waals surface area contributed by atoms with Gasteiger partial charge in [-0.1, -0.05) is 0 Å². The van der Waals surface area contributed by atoms with Crippen molar-refractivity contribution in [1.82, 2.24) is 9.88 Å². The molecule has 2 N–H and O–H groups in total. The first-order valence-electron chi connectivity index (χ1n) is 6.36. The molecule has 2 heterocycles. The number of carbonyl (C=O) groups is 1. The van der Waals surface area contributed by atoms with Crippen LogP contribution in [0, 0.1) is 5.92 Å². The van der Waals surface area contributed by atoms with Crippen LogP contribution in [0.15, 0.2) is 21.5 Å². The maximum Gasteiger partial charge on any atom is 0.262 e. The largest absolute Gasteiger partial charge is 0.396 e. The first-order valence-corrected chi connectivity index (χ1v) is 7.16. The van der Waals surface area contributed by atoms with E-state index in [0.717, 1.165) is 19.4 Å². The predicted octanol–water partition coefficient (Wildman–Crippen LogP) is 0.911. The van der Waals surface area contributed by atoms with Crippen LogP contribution in [0.25, 0.3) is 0 Å². The molecule has 0 saturated carbocycles. The molecule has 0 aliphatic carbocycles. The molecule has 1 aliphatic heterocycles. The van der Waals surface area contributed by atoms with Gasteiger partial charge < -0.3 is 15.0 Å². The summed E-state index contributed by atoms with van der Waals surface area (Å²) in [5.41, 5.74) is 0.490. The lowest BCUT2D eigenvalue weighted by atomic mass is 10.1. The molecule has 1 amide bonds. The average Bonchev–Trinajstić information content (AvgIpc) is 2.84. The Morgan fingerprint density at radius 2 is 2.37 bits per heavy atom. The van der Waals surface area contributed by atoms with E-state index in [2.05, 4.69) is 20.9 Å². The number of carbonyl (C=O) groups excluding carboxylic acids is 1. The van der Waals surface area contributed by atoms with Crippen molar-refractivity contribution in [2.24, 2.45) is 5.92 Å². The topological polar surface area (TPSA) is 73.4 Å². The molecule has 1 fully saturated rings. The Hall–Kier alpha value is -1.14. The summed E-state index contributed by atoms with van der Waals surface area (Å²) in [7, 11) is 0. The molecule has 1 aromatic rings. The molecule has 0 bridgehead atoms. The average molecular weight is 329 g/mol. The van der Waals surface area contributed by atoms with Crippen molar-refractivity contribution in [2.45, 2.75) is 19.3 Å². The van der Waals surface area contributed by atoms with Gasteiger partial charge in [0, 0.05) is 25.9 Å². The molecular formula is C13H17BrN2O3. The van der Waals surface area contributed by atoms with E-state index < -0.39 is 0 Å². The summed E-state index contributed by atoms with van der Waals surface area (Å²) in [6.07, 6.45) is 3.48. The van der Waals surface area contributed by atoms with E-state index >= 15 is 0 Å². The van der Waals surface area contributed by atoms with Gasteiger partial charge in [0.2, 0.25) is 5.91 Å². The lowest BCUT2D eigenvalue weighted by Crippen LogP contribution is -2.30. The van der Waals surface area contributed by atoms with Crippen molar-refractivity contribution in [3.8, 4) is 0 Å². The Bertz CT molecular complexity index is 515. The number of halogens is 1. The van der Waals surface area contributed by atoms with Crippen LogP contribution in [0.3, 0.4) is 0 Å². The van der Waals surface area contributed by atoms with Crippen molar-refractivity contribution in [3.05, 3.63) is 32.7 Å². The van der Waals surface area contributed by atoms with Crippen molar-refractivity contribution in [2.75, 3.05) is 19.7 Å². The predicted molar refractivity (Wildman–Crippen MR) is 74.9 cm³/mol. The summed E-state index contributed by atoms with van der Waals surface area (Å²) in [5.74, 6) is 0.434. The number of aromatic nitrogens is 1. The molecule has 19 heavy (non-hydrogen) atoms. The highest BCUT2D eigenvalue weighted by Crippen LogP contribution is 2.21. The Labute approximate surface area is 119 Å². The third-order valence-electron chi connectivity index (χ3n) is 3.50. The van der Waals surface area contributed by atoms with Crippen molar-refractivity contribution in [3.63, 3.8) is 0 Å². The number of aliphatic hydroxyl groups is 1. The van der Waals surface area contributed by atoms with E-state index in [4.69, 9.17) is 5.11 Å². The molecule has 1 saturated heterocycles. The normalized spacial score (nSPS) is 18.8. The standard InChI is InChI=1S/C13H17BrN2O3/c14-12-10(1-4-15-13(12)19)7-11(18)16-5-2-9(8-16)3-6-17/h1,4,9,17H,2-3,5-8H2,(H,15,19). The van der Waals surface area contributed by atoms with Gasteiger partial charge in [0.15, 0.2) is 0 Å². The molecule has 1 aliphatic rings. The van der Waals surface area contributed by atoms with Crippen LogP contribution in [-0.2, 0) is 11.2 Å². The second-order valence-corrected chi connectivity index (χ2v) is 5.62. The number of aromatic amines is 1. The summed E-state index contributed by atoms with van der Waals surface area (Å²) in [6.45, 7) is 1.62. The highest BCUT2D eigenvalue weighted by molar-refractivity contribution is 9.10. The maximum atomic E-state index is 12.2. The molecule has 6 heteroatoms. The summed E-state index contributed by atoms with van der Waals surface area (Å²) >= 11 is 3.21. The fraction of sp³-hybridized carbons (Fsp3) is 0.538. The third kappa shape index (κ3) is 3.45. The van der Waals surface area contributed by atoms with E-state index in [1.165, 1.54) is 0 Å². The molecular weight excluding hydrogens is 312 g/mol. The third-order valence-corrected chi connectivity index (χ3v) is 4.37. The van der Waals surface area contributed by atoms with Gasteiger partial charge in [-0.05, 0) is 46.3 Å². The minimum absolute atomic E-state index is 0.0340. The monoisotopic (exact) mass is 328 g/mol. The van der Waals surface area contributed by atoms with E-state index in [1.54, 1.807) is 12.3 Å². The fourth-order valence-corrected chi connectivity index (χ4v) is 2.78. The molecule has 0 spiro atoms. The van der Waals surface area contributed by atoms with Crippen LogP contribution in [0.2, 0.25) is 0 Å². The Kier molecular flexibility index (Phi) is 4.76. The zero-order valence-electron chi connectivity index (χ0n) is 10.6. The molecule has 1 atom stereocenters. The molecule has 0 radical (unpaired) electrons. The Balaban J connectivity index is 1.98. The van der Waals surface area contributed by atoms with Gasteiger partial charge in [-0.2, -0.15) is 0 Å². The number of hydrogen-bond donors (Lipinski definition) is 2. The van der Waals surface area contributed by atoms with Gasteiger partial charge in [-0.25, -0.2) is 0 Å². The lowest BCUT2D eigenvalue weighted by molar-refractivity contribution is -0.129. The Morgan fingerprint density at radius 3 is 3.11 bits per heavy atom. The molecule has 5 nitrogen and oxygen atoms in total.